The molecule has 0 fully saturated rings. The summed E-state index contributed by atoms with van der Waals surface area (Å²) < 4.78 is 0. The Morgan fingerprint density at radius 1 is 1.12 bits per heavy atom. The van der Waals surface area contributed by atoms with Gasteiger partial charge in [-0.1, -0.05) is 58.4 Å². The topological polar surface area (TPSA) is 0 Å². The fourth-order valence-corrected chi connectivity index (χ4v) is 2.33. The van der Waals surface area contributed by atoms with Gasteiger partial charge in [-0.3, -0.25) is 0 Å². The number of hydrogen-bond donors (Lipinski definition) is 1. The molecule has 0 radical (unpaired) electrons. The fraction of sp³-hybridized carbons (Fsp3) is 0.600. The van der Waals surface area contributed by atoms with Crippen molar-refractivity contribution in [1.82, 2.24) is 0 Å². The highest BCUT2D eigenvalue weighted by Crippen LogP contribution is 2.30. The molecule has 0 heterocycles. The monoisotopic (exact) mass is 236 g/mol. The van der Waals surface area contributed by atoms with E-state index >= 15 is 0 Å². The largest absolute Gasteiger partial charge is 0.171 e. The van der Waals surface area contributed by atoms with Crippen molar-refractivity contribution < 1.29 is 0 Å². The Bertz CT molecular complexity index is 311. The minimum atomic E-state index is 0.297. The fourth-order valence-electron chi connectivity index (χ4n) is 2.16. The van der Waals surface area contributed by atoms with Gasteiger partial charge in [0, 0.05) is 5.25 Å². The van der Waals surface area contributed by atoms with Crippen molar-refractivity contribution in [1.29, 1.82) is 0 Å². The lowest BCUT2D eigenvalue weighted by atomic mass is 9.80. The van der Waals surface area contributed by atoms with Gasteiger partial charge in [0.2, 0.25) is 0 Å². The van der Waals surface area contributed by atoms with Crippen LogP contribution in [-0.4, -0.2) is 0 Å². The molecular formula is C15H24S. The first-order valence-corrected chi connectivity index (χ1v) is 6.81. The van der Waals surface area contributed by atoms with Gasteiger partial charge in [0.15, 0.2) is 0 Å². The Hall–Kier alpha value is -0.430. The summed E-state index contributed by atoms with van der Waals surface area (Å²) in [5.74, 6) is 0. The number of benzene rings is 1. The molecule has 1 aromatic carbocycles. The van der Waals surface area contributed by atoms with Crippen LogP contribution in [0.15, 0.2) is 24.3 Å². The van der Waals surface area contributed by atoms with Crippen molar-refractivity contribution >= 4 is 12.6 Å². The molecule has 1 aromatic rings. The molecule has 0 nitrogen and oxygen atoms in total. The average molecular weight is 236 g/mol. The van der Waals surface area contributed by atoms with Crippen molar-refractivity contribution in [2.45, 2.75) is 57.6 Å². The van der Waals surface area contributed by atoms with Crippen LogP contribution in [0.1, 0.15) is 63.3 Å². The third kappa shape index (κ3) is 3.28. The highest BCUT2D eigenvalue weighted by Gasteiger charge is 2.19. The van der Waals surface area contributed by atoms with Crippen LogP contribution in [0.5, 0.6) is 0 Å². The molecule has 1 rings (SSSR count). The van der Waals surface area contributed by atoms with Crippen molar-refractivity contribution in [2.24, 2.45) is 0 Å². The SMILES string of the molecule is CCCC(C)(C)c1ccc(C(S)CC)cc1. The van der Waals surface area contributed by atoms with E-state index in [0.29, 0.717) is 10.7 Å². The molecule has 0 aliphatic rings. The molecule has 0 N–H and O–H groups in total. The molecular weight excluding hydrogens is 212 g/mol. The maximum atomic E-state index is 4.57. The Balaban J connectivity index is 2.86. The molecule has 0 amide bonds. The van der Waals surface area contributed by atoms with E-state index in [-0.39, 0.29) is 0 Å². The Morgan fingerprint density at radius 2 is 1.69 bits per heavy atom. The molecule has 1 heteroatoms. The van der Waals surface area contributed by atoms with Crippen LogP contribution in [0.4, 0.5) is 0 Å². The summed E-state index contributed by atoms with van der Waals surface area (Å²) in [5.41, 5.74) is 3.07. The predicted octanol–water partition coefficient (Wildman–Crippen LogP) is 5.15. The van der Waals surface area contributed by atoms with E-state index in [1.165, 1.54) is 24.0 Å². The average Bonchev–Trinajstić information content (AvgIpc) is 2.28. The summed E-state index contributed by atoms with van der Waals surface area (Å²) in [6, 6.07) is 9.00. The zero-order valence-electron chi connectivity index (χ0n) is 11.0. The standard InChI is InChI=1S/C15H24S/c1-5-11-15(3,4)13-9-7-12(8-10-13)14(16)6-2/h7-10,14,16H,5-6,11H2,1-4H3. The van der Waals surface area contributed by atoms with Crippen LogP contribution in [0.25, 0.3) is 0 Å². The molecule has 90 valence electrons. The van der Waals surface area contributed by atoms with E-state index in [1.54, 1.807) is 0 Å². The van der Waals surface area contributed by atoms with Gasteiger partial charge in [0.25, 0.3) is 0 Å². The summed E-state index contributed by atoms with van der Waals surface area (Å²) in [7, 11) is 0. The van der Waals surface area contributed by atoms with Crippen molar-refractivity contribution in [2.75, 3.05) is 0 Å². The minimum absolute atomic E-state index is 0.297. The van der Waals surface area contributed by atoms with Crippen LogP contribution in [0.2, 0.25) is 0 Å². The summed E-state index contributed by atoms with van der Waals surface area (Å²) in [6.07, 6.45) is 3.56. The zero-order chi connectivity index (χ0) is 12.2. The third-order valence-electron chi connectivity index (χ3n) is 3.34. The Kier molecular flexibility index (Phi) is 4.91. The first-order valence-electron chi connectivity index (χ1n) is 6.29. The maximum Gasteiger partial charge on any atom is 0.0264 e. The highest BCUT2D eigenvalue weighted by molar-refractivity contribution is 7.80. The molecule has 0 saturated heterocycles. The Morgan fingerprint density at radius 3 is 2.12 bits per heavy atom. The second-order valence-electron chi connectivity index (χ2n) is 5.18. The molecule has 0 spiro atoms. The van der Waals surface area contributed by atoms with Gasteiger partial charge in [-0.15, -0.1) is 0 Å². The van der Waals surface area contributed by atoms with E-state index in [9.17, 15) is 0 Å². The van der Waals surface area contributed by atoms with E-state index in [1.807, 2.05) is 0 Å². The molecule has 0 bridgehead atoms. The predicted molar refractivity (Wildman–Crippen MR) is 76.4 cm³/mol. The molecule has 1 unspecified atom stereocenters. The Labute approximate surface area is 106 Å². The van der Waals surface area contributed by atoms with Gasteiger partial charge in [-0.25, -0.2) is 0 Å². The number of thiol groups is 1. The number of rotatable bonds is 5. The molecule has 0 aromatic heterocycles. The van der Waals surface area contributed by atoms with Gasteiger partial charge in [-0.05, 0) is 29.4 Å². The van der Waals surface area contributed by atoms with Crippen LogP contribution < -0.4 is 0 Å². The zero-order valence-corrected chi connectivity index (χ0v) is 11.8. The van der Waals surface area contributed by atoms with Crippen LogP contribution in [0, 0.1) is 0 Å². The molecule has 16 heavy (non-hydrogen) atoms. The van der Waals surface area contributed by atoms with E-state index in [0.717, 1.165) is 6.42 Å². The van der Waals surface area contributed by atoms with Crippen molar-refractivity contribution in [3.8, 4) is 0 Å². The highest BCUT2D eigenvalue weighted by atomic mass is 32.1. The molecule has 1 atom stereocenters. The van der Waals surface area contributed by atoms with Crippen LogP contribution >= 0.6 is 12.6 Å². The van der Waals surface area contributed by atoms with Gasteiger partial charge < -0.3 is 0 Å². The first kappa shape index (κ1) is 13.6. The minimum Gasteiger partial charge on any atom is -0.171 e. The number of hydrogen-bond acceptors (Lipinski definition) is 1. The molecule has 0 saturated carbocycles. The van der Waals surface area contributed by atoms with E-state index in [2.05, 4.69) is 64.6 Å². The van der Waals surface area contributed by atoms with Crippen molar-refractivity contribution in [3.63, 3.8) is 0 Å². The quantitative estimate of drug-likeness (QED) is 0.672. The van der Waals surface area contributed by atoms with Gasteiger partial charge >= 0.3 is 0 Å². The first-order chi connectivity index (χ1) is 7.51. The molecule has 0 aliphatic carbocycles. The summed E-state index contributed by atoms with van der Waals surface area (Å²) in [5, 5.41) is 0.378. The summed E-state index contributed by atoms with van der Waals surface area (Å²) >= 11 is 4.57. The maximum absolute atomic E-state index is 4.57. The second kappa shape index (κ2) is 5.77. The van der Waals surface area contributed by atoms with E-state index in [4.69, 9.17) is 0 Å². The summed E-state index contributed by atoms with van der Waals surface area (Å²) in [4.78, 5) is 0. The lowest BCUT2D eigenvalue weighted by Crippen LogP contribution is -2.16. The lowest BCUT2D eigenvalue weighted by Gasteiger charge is -2.25. The van der Waals surface area contributed by atoms with E-state index < -0.39 is 0 Å². The normalized spacial score (nSPS) is 13.8. The molecule has 0 aliphatic heterocycles. The van der Waals surface area contributed by atoms with Crippen LogP contribution in [0.3, 0.4) is 0 Å². The third-order valence-corrected chi connectivity index (χ3v) is 4.00. The van der Waals surface area contributed by atoms with Gasteiger partial charge in [-0.2, -0.15) is 12.6 Å². The van der Waals surface area contributed by atoms with Gasteiger partial charge in [0.1, 0.15) is 0 Å². The summed E-state index contributed by atoms with van der Waals surface area (Å²) in [6.45, 7) is 9.07. The second-order valence-corrected chi connectivity index (χ2v) is 5.80. The lowest BCUT2D eigenvalue weighted by molar-refractivity contribution is 0.473. The van der Waals surface area contributed by atoms with Gasteiger partial charge in [0.05, 0.1) is 0 Å². The van der Waals surface area contributed by atoms with Crippen LogP contribution in [-0.2, 0) is 5.41 Å². The smallest absolute Gasteiger partial charge is 0.0264 e. The van der Waals surface area contributed by atoms with Crippen molar-refractivity contribution in [3.05, 3.63) is 35.4 Å².